The molecule has 0 saturated carbocycles. The van der Waals surface area contributed by atoms with Gasteiger partial charge in [-0.3, -0.25) is 14.4 Å². The lowest BCUT2D eigenvalue weighted by Gasteiger charge is -2.18. The van der Waals surface area contributed by atoms with Gasteiger partial charge in [0.1, 0.15) is 10.9 Å². The highest BCUT2D eigenvalue weighted by Gasteiger charge is 2.23. The van der Waals surface area contributed by atoms with Gasteiger partial charge in [-0.05, 0) is 77.7 Å². The molecule has 1 atom stereocenters. The number of thiophene rings is 1. The molecule has 9 heteroatoms. The number of thioether (sulfide) groups is 1. The molecule has 43 heavy (non-hydrogen) atoms. The number of amides is 3. The van der Waals surface area contributed by atoms with E-state index in [0.29, 0.717) is 16.9 Å². The molecule has 5 rings (SSSR count). The molecule has 1 aromatic heterocycles. The highest BCUT2D eigenvalue weighted by Crippen LogP contribution is 2.37. The largest absolute Gasteiger partial charge is 0.325 e. The number of benzene rings is 4. The van der Waals surface area contributed by atoms with Gasteiger partial charge in [0.05, 0.1) is 0 Å². The number of hydrogen-bond donors (Lipinski definition) is 3. The van der Waals surface area contributed by atoms with Crippen molar-refractivity contribution in [2.45, 2.75) is 10.1 Å². The van der Waals surface area contributed by atoms with E-state index in [1.165, 1.54) is 23.1 Å². The van der Waals surface area contributed by atoms with Crippen molar-refractivity contribution < 1.29 is 14.4 Å². The summed E-state index contributed by atoms with van der Waals surface area (Å²) < 4.78 is 0.923. The molecule has 3 amide bonds. The zero-order chi connectivity index (χ0) is 30.0. The van der Waals surface area contributed by atoms with E-state index in [1.54, 1.807) is 36.4 Å². The Morgan fingerprint density at radius 3 is 2.16 bits per heavy atom. The second-order valence-electron chi connectivity index (χ2n) is 9.28. The van der Waals surface area contributed by atoms with Crippen LogP contribution in [-0.4, -0.2) is 17.7 Å². The fourth-order valence-electron chi connectivity index (χ4n) is 4.08. The molecule has 0 fully saturated rings. The minimum atomic E-state index is -0.546. The molecule has 0 saturated heterocycles. The summed E-state index contributed by atoms with van der Waals surface area (Å²) in [7, 11) is 0. The van der Waals surface area contributed by atoms with E-state index in [1.807, 2.05) is 96.4 Å². The maximum atomic E-state index is 13.5. The van der Waals surface area contributed by atoms with Crippen molar-refractivity contribution in [2.24, 2.45) is 0 Å². The van der Waals surface area contributed by atoms with Gasteiger partial charge >= 0.3 is 0 Å². The minimum absolute atomic E-state index is 0.116. The smallest absolute Gasteiger partial charge is 0.272 e. The van der Waals surface area contributed by atoms with Crippen LogP contribution in [0.15, 0.2) is 142 Å². The van der Waals surface area contributed by atoms with Gasteiger partial charge in [-0.1, -0.05) is 76.6 Å². The monoisotopic (exact) mass is 667 g/mol. The van der Waals surface area contributed by atoms with Gasteiger partial charge in [-0.25, -0.2) is 0 Å². The van der Waals surface area contributed by atoms with Crippen LogP contribution in [0.25, 0.3) is 6.08 Å². The molecule has 214 valence electrons. The Labute approximate surface area is 266 Å². The first kappa shape index (κ1) is 30.0. The molecule has 0 aliphatic rings. The van der Waals surface area contributed by atoms with Crippen LogP contribution in [0.5, 0.6) is 0 Å². The SMILES string of the molecule is O=C(Nc1cccc(SC(C(=O)Nc2ccc(Br)cc2)c2ccccc2)c1)/C(=C/c1cccs1)NC(=O)c1ccccc1. The summed E-state index contributed by atoms with van der Waals surface area (Å²) in [5.74, 6) is -1.02. The summed E-state index contributed by atoms with van der Waals surface area (Å²) >= 11 is 6.26. The maximum Gasteiger partial charge on any atom is 0.272 e. The Balaban J connectivity index is 1.35. The van der Waals surface area contributed by atoms with E-state index < -0.39 is 11.2 Å². The van der Waals surface area contributed by atoms with Crippen LogP contribution in [0.2, 0.25) is 0 Å². The number of hydrogen-bond acceptors (Lipinski definition) is 5. The lowest BCUT2D eigenvalue weighted by Crippen LogP contribution is -2.30. The van der Waals surface area contributed by atoms with Crippen LogP contribution in [0.1, 0.15) is 26.0 Å². The summed E-state index contributed by atoms with van der Waals surface area (Å²) in [4.78, 5) is 41.4. The van der Waals surface area contributed by atoms with Gasteiger partial charge in [0.25, 0.3) is 11.8 Å². The molecule has 4 aromatic carbocycles. The molecule has 0 aliphatic carbocycles. The lowest BCUT2D eigenvalue weighted by atomic mass is 10.1. The predicted molar refractivity (Wildman–Crippen MR) is 179 cm³/mol. The average Bonchev–Trinajstić information content (AvgIpc) is 3.55. The van der Waals surface area contributed by atoms with Crippen molar-refractivity contribution >= 4 is 74.2 Å². The highest BCUT2D eigenvalue weighted by molar-refractivity contribution is 9.10. The van der Waals surface area contributed by atoms with Crippen molar-refractivity contribution in [2.75, 3.05) is 10.6 Å². The van der Waals surface area contributed by atoms with E-state index in [9.17, 15) is 14.4 Å². The summed E-state index contributed by atoms with van der Waals surface area (Å²) in [6.45, 7) is 0. The number of anilines is 2. The third kappa shape index (κ3) is 8.54. The summed E-state index contributed by atoms with van der Waals surface area (Å²) in [6.07, 6.45) is 1.65. The zero-order valence-corrected chi connectivity index (χ0v) is 25.9. The highest BCUT2D eigenvalue weighted by atomic mass is 79.9. The van der Waals surface area contributed by atoms with E-state index in [0.717, 1.165) is 19.8 Å². The number of nitrogens with one attached hydrogen (secondary N) is 3. The maximum absolute atomic E-state index is 13.5. The predicted octanol–water partition coefficient (Wildman–Crippen LogP) is 8.39. The minimum Gasteiger partial charge on any atom is -0.325 e. The molecule has 0 spiro atoms. The van der Waals surface area contributed by atoms with Crippen molar-refractivity contribution in [3.05, 3.63) is 153 Å². The third-order valence-electron chi connectivity index (χ3n) is 6.16. The number of halogens is 1. The molecule has 1 unspecified atom stereocenters. The Bertz CT molecular complexity index is 1730. The first-order chi connectivity index (χ1) is 20.9. The normalized spacial score (nSPS) is 11.8. The fraction of sp³-hybridized carbons (Fsp3) is 0.0294. The first-order valence-electron chi connectivity index (χ1n) is 13.3. The van der Waals surface area contributed by atoms with Crippen molar-refractivity contribution in [3.63, 3.8) is 0 Å². The summed E-state index contributed by atoms with van der Waals surface area (Å²) in [6, 6.07) is 36.7. The van der Waals surface area contributed by atoms with Crippen LogP contribution < -0.4 is 16.0 Å². The van der Waals surface area contributed by atoms with Gasteiger partial charge < -0.3 is 16.0 Å². The van der Waals surface area contributed by atoms with E-state index >= 15 is 0 Å². The van der Waals surface area contributed by atoms with Crippen LogP contribution in [0, 0.1) is 0 Å². The van der Waals surface area contributed by atoms with Crippen LogP contribution in [0.4, 0.5) is 11.4 Å². The topological polar surface area (TPSA) is 87.3 Å². The molecule has 0 radical (unpaired) electrons. The number of carbonyl (C=O) groups is 3. The van der Waals surface area contributed by atoms with Crippen molar-refractivity contribution in [3.8, 4) is 0 Å². The molecule has 3 N–H and O–H groups in total. The quantitative estimate of drug-likeness (QED) is 0.103. The summed E-state index contributed by atoms with van der Waals surface area (Å²) in [5.41, 5.74) is 2.63. The molecular weight excluding hydrogens is 642 g/mol. The molecule has 1 heterocycles. The molecule has 0 bridgehead atoms. The van der Waals surface area contributed by atoms with Gasteiger partial charge in [-0.15, -0.1) is 23.1 Å². The second-order valence-corrected chi connectivity index (χ2v) is 12.4. The Morgan fingerprint density at radius 1 is 0.744 bits per heavy atom. The fourth-order valence-corrected chi connectivity index (χ4v) is 6.09. The van der Waals surface area contributed by atoms with E-state index in [2.05, 4.69) is 31.9 Å². The molecular formula is C34H26BrN3O3S2. The average molecular weight is 669 g/mol. The Hall–Kier alpha value is -4.44. The standard InChI is InChI=1S/C34H26BrN3O3S2/c35-25-16-18-26(19-17-25)36-34(41)31(23-9-3-1-4-10-23)43-29-14-7-13-27(21-29)37-33(40)30(22-28-15-8-20-42-28)38-32(39)24-11-5-2-6-12-24/h1-22,31H,(H,36,41)(H,37,40)(H,38,39)/b30-22-. The van der Waals surface area contributed by atoms with Gasteiger partial charge in [0, 0.05) is 31.2 Å². The first-order valence-corrected chi connectivity index (χ1v) is 15.8. The van der Waals surface area contributed by atoms with E-state index in [-0.39, 0.29) is 17.5 Å². The van der Waals surface area contributed by atoms with Crippen molar-refractivity contribution in [1.82, 2.24) is 5.32 Å². The van der Waals surface area contributed by atoms with Gasteiger partial charge in [0.15, 0.2) is 0 Å². The molecule has 0 aliphatic heterocycles. The zero-order valence-electron chi connectivity index (χ0n) is 22.7. The van der Waals surface area contributed by atoms with Crippen molar-refractivity contribution in [1.29, 1.82) is 0 Å². The van der Waals surface area contributed by atoms with Crippen LogP contribution in [-0.2, 0) is 9.59 Å². The lowest BCUT2D eigenvalue weighted by molar-refractivity contribution is -0.116. The third-order valence-corrected chi connectivity index (χ3v) is 8.75. The summed E-state index contributed by atoms with van der Waals surface area (Å²) in [5, 5.41) is 10.0. The van der Waals surface area contributed by atoms with E-state index in [4.69, 9.17) is 0 Å². The van der Waals surface area contributed by atoms with Crippen LogP contribution >= 0.6 is 39.0 Å². The molecule has 5 aromatic rings. The molecule has 6 nitrogen and oxygen atoms in total. The van der Waals surface area contributed by atoms with Gasteiger partial charge in [-0.2, -0.15) is 0 Å². The number of carbonyl (C=O) groups excluding carboxylic acids is 3. The number of rotatable bonds is 10. The Morgan fingerprint density at radius 2 is 1.47 bits per heavy atom. The second kappa shape index (κ2) is 14.6. The Kier molecular flexibility index (Phi) is 10.2. The van der Waals surface area contributed by atoms with Crippen LogP contribution in [0.3, 0.4) is 0 Å². The van der Waals surface area contributed by atoms with Gasteiger partial charge in [0.2, 0.25) is 5.91 Å².